The molecule has 0 bridgehead atoms. The van der Waals surface area contributed by atoms with Gasteiger partial charge in [-0.15, -0.1) is 0 Å². The number of methoxy groups -OCH3 is 1. The molecule has 6 heteroatoms. The summed E-state index contributed by atoms with van der Waals surface area (Å²) in [5, 5.41) is 9.30. The molecule has 6 nitrogen and oxygen atoms in total. The van der Waals surface area contributed by atoms with Crippen LogP contribution in [0.5, 0.6) is 0 Å². The molecule has 0 amide bonds. The number of furan rings is 1. The summed E-state index contributed by atoms with van der Waals surface area (Å²) in [7, 11) is 1.22. The zero-order chi connectivity index (χ0) is 12.6. The van der Waals surface area contributed by atoms with Gasteiger partial charge in [0.2, 0.25) is 5.76 Å². The van der Waals surface area contributed by atoms with Crippen molar-refractivity contribution in [3.8, 4) is 0 Å². The number of carboxylic acid groups (broad SMARTS) is 1. The maximum absolute atomic E-state index is 11.2. The molecule has 1 aromatic carbocycles. The van der Waals surface area contributed by atoms with Gasteiger partial charge >= 0.3 is 11.9 Å². The number of rotatable bonds is 2. The Kier molecular flexibility index (Phi) is 2.47. The Morgan fingerprint density at radius 3 is 2.65 bits per heavy atom. The lowest BCUT2D eigenvalue weighted by Gasteiger charge is -1.97. The van der Waals surface area contributed by atoms with Gasteiger partial charge < -0.3 is 20.0 Å². The summed E-state index contributed by atoms with van der Waals surface area (Å²) in [6, 6.07) is 4.04. The van der Waals surface area contributed by atoms with Crippen LogP contribution in [0.25, 0.3) is 11.0 Å². The van der Waals surface area contributed by atoms with Gasteiger partial charge in [0.25, 0.3) is 0 Å². The third kappa shape index (κ3) is 1.80. The molecule has 0 aliphatic rings. The third-order valence-corrected chi connectivity index (χ3v) is 2.28. The number of ether oxygens (including phenoxy) is 1. The normalized spacial score (nSPS) is 10.4. The van der Waals surface area contributed by atoms with Crippen molar-refractivity contribution in [2.45, 2.75) is 0 Å². The molecule has 88 valence electrons. The number of carbonyl (C=O) groups excluding carboxylic acids is 1. The molecule has 2 aromatic rings. The van der Waals surface area contributed by atoms with Crippen LogP contribution in [0.1, 0.15) is 20.9 Å². The summed E-state index contributed by atoms with van der Waals surface area (Å²) in [5.74, 6) is -1.76. The van der Waals surface area contributed by atoms with Gasteiger partial charge in [0, 0.05) is 5.39 Å². The number of esters is 1. The molecule has 3 N–H and O–H groups in total. The van der Waals surface area contributed by atoms with Crippen LogP contribution in [-0.4, -0.2) is 24.2 Å². The van der Waals surface area contributed by atoms with Gasteiger partial charge in [-0.3, -0.25) is 0 Å². The van der Waals surface area contributed by atoms with Crippen LogP contribution < -0.4 is 5.73 Å². The number of hydrogen-bond donors (Lipinski definition) is 2. The molecule has 0 spiro atoms. The maximum atomic E-state index is 11.2. The standard InChI is InChI=1S/C11H9NO5/c1-16-11(15)8-4-5-2-6(10(13)14)3-7(12)9(5)17-8/h2-4H,12H2,1H3,(H,13,14). The molecule has 0 aliphatic carbocycles. The Balaban J connectivity index is 2.64. The fourth-order valence-corrected chi connectivity index (χ4v) is 1.50. The van der Waals surface area contributed by atoms with E-state index >= 15 is 0 Å². The Bertz CT molecular complexity index is 614. The van der Waals surface area contributed by atoms with Gasteiger partial charge in [-0.05, 0) is 18.2 Å². The van der Waals surface area contributed by atoms with E-state index in [0.29, 0.717) is 5.39 Å². The second kappa shape index (κ2) is 3.82. The lowest BCUT2D eigenvalue weighted by molar-refractivity contribution is 0.0567. The molecule has 0 radical (unpaired) electrons. The van der Waals surface area contributed by atoms with Gasteiger partial charge in [-0.2, -0.15) is 0 Å². The zero-order valence-electron chi connectivity index (χ0n) is 8.89. The highest BCUT2D eigenvalue weighted by Gasteiger charge is 2.16. The first-order chi connectivity index (χ1) is 8.02. The second-order valence-electron chi connectivity index (χ2n) is 3.39. The van der Waals surface area contributed by atoms with Crippen LogP contribution >= 0.6 is 0 Å². The predicted octanol–water partition coefficient (Wildman–Crippen LogP) is 1.50. The molecule has 17 heavy (non-hydrogen) atoms. The smallest absolute Gasteiger partial charge is 0.373 e. The largest absolute Gasteiger partial charge is 0.478 e. The average molecular weight is 235 g/mol. The lowest BCUT2D eigenvalue weighted by Crippen LogP contribution is -1.98. The van der Waals surface area contributed by atoms with E-state index in [-0.39, 0.29) is 22.6 Å². The predicted molar refractivity (Wildman–Crippen MR) is 58.9 cm³/mol. The van der Waals surface area contributed by atoms with Crippen molar-refractivity contribution in [1.29, 1.82) is 0 Å². The Labute approximate surface area is 95.6 Å². The Hall–Kier alpha value is -2.50. The van der Waals surface area contributed by atoms with Gasteiger partial charge in [0.1, 0.15) is 0 Å². The third-order valence-electron chi connectivity index (χ3n) is 2.28. The highest BCUT2D eigenvalue weighted by Crippen LogP contribution is 2.27. The zero-order valence-corrected chi connectivity index (χ0v) is 8.89. The topological polar surface area (TPSA) is 103 Å². The van der Waals surface area contributed by atoms with E-state index in [9.17, 15) is 9.59 Å². The number of benzene rings is 1. The van der Waals surface area contributed by atoms with Crippen LogP contribution in [0.3, 0.4) is 0 Å². The van der Waals surface area contributed by atoms with E-state index in [1.807, 2.05) is 0 Å². The minimum Gasteiger partial charge on any atom is -0.478 e. The van der Waals surface area contributed by atoms with Gasteiger partial charge in [-0.25, -0.2) is 9.59 Å². The fourth-order valence-electron chi connectivity index (χ4n) is 1.50. The minimum absolute atomic E-state index is 0.0169. The maximum Gasteiger partial charge on any atom is 0.373 e. The number of aromatic carboxylic acids is 1. The number of nitrogen functional groups attached to an aromatic ring is 1. The first-order valence-electron chi connectivity index (χ1n) is 4.67. The Morgan fingerprint density at radius 1 is 1.35 bits per heavy atom. The molecule has 1 heterocycles. The first-order valence-corrected chi connectivity index (χ1v) is 4.67. The van der Waals surface area contributed by atoms with Crippen LogP contribution in [0, 0.1) is 0 Å². The highest BCUT2D eigenvalue weighted by atomic mass is 16.5. The fraction of sp³-hybridized carbons (Fsp3) is 0.0909. The van der Waals surface area contributed by atoms with E-state index in [0.717, 1.165) is 0 Å². The summed E-state index contributed by atoms with van der Waals surface area (Å²) in [5.41, 5.74) is 6.11. The van der Waals surface area contributed by atoms with Crippen molar-refractivity contribution in [1.82, 2.24) is 0 Å². The number of carboxylic acids is 1. The van der Waals surface area contributed by atoms with Crippen molar-refractivity contribution < 1.29 is 23.8 Å². The minimum atomic E-state index is -1.10. The molecular weight excluding hydrogens is 226 g/mol. The van der Waals surface area contributed by atoms with E-state index in [4.69, 9.17) is 15.3 Å². The van der Waals surface area contributed by atoms with Crippen molar-refractivity contribution in [3.63, 3.8) is 0 Å². The monoisotopic (exact) mass is 235 g/mol. The SMILES string of the molecule is COC(=O)c1cc2cc(C(=O)O)cc(N)c2o1. The van der Waals surface area contributed by atoms with Gasteiger partial charge in [-0.1, -0.05) is 0 Å². The van der Waals surface area contributed by atoms with Crippen LogP contribution in [-0.2, 0) is 4.74 Å². The van der Waals surface area contributed by atoms with Crippen LogP contribution in [0.15, 0.2) is 22.6 Å². The second-order valence-corrected chi connectivity index (χ2v) is 3.39. The molecule has 0 atom stereocenters. The lowest BCUT2D eigenvalue weighted by atomic mass is 10.1. The van der Waals surface area contributed by atoms with E-state index in [1.165, 1.54) is 25.3 Å². The van der Waals surface area contributed by atoms with E-state index < -0.39 is 11.9 Å². The number of nitrogens with two attached hydrogens (primary N) is 1. The number of fused-ring (bicyclic) bond motifs is 1. The van der Waals surface area contributed by atoms with Gasteiger partial charge in [0.15, 0.2) is 5.58 Å². The summed E-state index contributed by atoms with van der Waals surface area (Å²) in [6.45, 7) is 0. The van der Waals surface area contributed by atoms with Gasteiger partial charge in [0.05, 0.1) is 18.4 Å². The molecule has 2 rings (SSSR count). The molecule has 0 fully saturated rings. The summed E-state index contributed by atoms with van der Waals surface area (Å²) >= 11 is 0. The molecule has 0 saturated heterocycles. The van der Waals surface area contributed by atoms with E-state index in [1.54, 1.807) is 0 Å². The van der Waals surface area contributed by atoms with Crippen molar-refractivity contribution in [2.24, 2.45) is 0 Å². The van der Waals surface area contributed by atoms with Crippen molar-refractivity contribution in [3.05, 3.63) is 29.5 Å². The summed E-state index contributed by atoms with van der Waals surface area (Å²) < 4.78 is 9.69. The van der Waals surface area contributed by atoms with E-state index in [2.05, 4.69) is 4.74 Å². The number of anilines is 1. The van der Waals surface area contributed by atoms with Crippen LogP contribution in [0.2, 0.25) is 0 Å². The molecule has 0 saturated carbocycles. The van der Waals surface area contributed by atoms with Crippen LogP contribution in [0.4, 0.5) is 5.69 Å². The molecule has 0 unspecified atom stereocenters. The summed E-state index contributed by atoms with van der Waals surface area (Å²) in [4.78, 5) is 22.1. The number of hydrogen-bond acceptors (Lipinski definition) is 5. The van der Waals surface area contributed by atoms with Crippen molar-refractivity contribution in [2.75, 3.05) is 12.8 Å². The van der Waals surface area contributed by atoms with Crippen molar-refractivity contribution >= 4 is 28.6 Å². The average Bonchev–Trinajstić information content (AvgIpc) is 2.72. The summed E-state index contributed by atoms with van der Waals surface area (Å²) in [6.07, 6.45) is 0. The molecule has 0 aliphatic heterocycles. The Morgan fingerprint density at radius 2 is 2.06 bits per heavy atom. The molecular formula is C11H9NO5. The first kappa shape index (κ1) is 11.0. The number of carbonyl (C=O) groups is 2. The quantitative estimate of drug-likeness (QED) is 0.604. The highest BCUT2D eigenvalue weighted by molar-refractivity contribution is 6.01. The molecule has 1 aromatic heterocycles.